The summed E-state index contributed by atoms with van der Waals surface area (Å²) in [5.74, 6) is 0. The zero-order chi connectivity index (χ0) is 24.1. The molecule has 0 saturated carbocycles. The third-order valence-corrected chi connectivity index (χ3v) is 7.64. The highest BCUT2D eigenvalue weighted by atomic mass is 35.5. The molecule has 1 aromatic heterocycles. The van der Waals surface area contributed by atoms with Crippen LogP contribution in [0, 0.1) is 0 Å². The van der Waals surface area contributed by atoms with Crippen LogP contribution in [0.15, 0.2) is 83.8 Å². The molecule has 8 heteroatoms. The number of benzene rings is 3. The van der Waals surface area contributed by atoms with Gasteiger partial charge in [0.15, 0.2) is 0 Å². The zero-order valence-electron chi connectivity index (χ0n) is 18.0. The van der Waals surface area contributed by atoms with Crippen molar-refractivity contribution in [3.8, 4) is 0 Å². The number of hydrogen-bond donors (Lipinski definition) is 1. The summed E-state index contributed by atoms with van der Waals surface area (Å²) >= 11 is 18.5. The third-order valence-electron chi connectivity index (χ3n) is 5.21. The molecule has 1 N–H and O–H groups in total. The SMILES string of the molecule is O=S(=O)(NCCC(Cl)c1cccc(/C=C/c2ccc3ccc(Cl)cc3n2)c1)c1ccc(Cl)cc1. The van der Waals surface area contributed by atoms with E-state index in [0.717, 1.165) is 27.7 Å². The first kappa shape index (κ1) is 24.7. The summed E-state index contributed by atoms with van der Waals surface area (Å²) in [6, 6.07) is 23.4. The van der Waals surface area contributed by atoms with Crippen LogP contribution in [0.25, 0.3) is 23.1 Å². The number of pyridine rings is 1. The van der Waals surface area contributed by atoms with Gasteiger partial charge in [0.2, 0.25) is 10.0 Å². The Balaban J connectivity index is 1.39. The van der Waals surface area contributed by atoms with Crippen LogP contribution in [-0.4, -0.2) is 19.9 Å². The summed E-state index contributed by atoms with van der Waals surface area (Å²) < 4.78 is 27.4. The van der Waals surface area contributed by atoms with Crippen molar-refractivity contribution in [3.63, 3.8) is 0 Å². The van der Waals surface area contributed by atoms with Crippen molar-refractivity contribution in [2.24, 2.45) is 0 Å². The van der Waals surface area contributed by atoms with E-state index in [-0.39, 0.29) is 16.8 Å². The largest absolute Gasteiger partial charge is 0.248 e. The molecule has 1 unspecified atom stereocenters. The molecule has 0 aliphatic rings. The minimum absolute atomic E-state index is 0.166. The van der Waals surface area contributed by atoms with Gasteiger partial charge in [0.25, 0.3) is 0 Å². The summed E-state index contributed by atoms with van der Waals surface area (Å²) in [7, 11) is -3.61. The first-order valence-electron chi connectivity index (χ1n) is 10.5. The Hall–Kier alpha value is -2.41. The van der Waals surface area contributed by atoms with Gasteiger partial charge in [-0.15, -0.1) is 11.6 Å². The van der Waals surface area contributed by atoms with Crippen molar-refractivity contribution in [3.05, 3.63) is 106 Å². The van der Waals surface area contributed by atoms with Gasteiger partial charge in [-0.2, -0.15) is 0 Å². The molecular weight excluding hydrogens is 511 g/mol. The van der Waals surface area contributed by atoms with Gasteiger partial charge < -0.3 is 0 Å². The number of nitrogens with one attached hydrogen (secondary N) is 1. The molecule has 3 aromatic carbocycles. The smallest absolute Gasteiger partial charge is 0.240 e. The Morgan fingerprint density at radius 3 is 2.41 bits per heavy atom. The maximum absolute atomic E-state index is 12.4. The van der Waals surface area contributed by atoms with Crippen LogP contribution in [0.2, 0.25) is 10.0 Å². The Morgan fingerprint density at radius 2 is 1.62 bits per heavy atom. The van der Waals surface area contributed by atoms with E-state index < -0.39 is 10.0 Å². The van der Waals surface area contributed by atoms with Crippen LogP contribution in [0.3, 0.4) is 0 Å². The number of rotatable bonds is 8. The van der Waals surface area contributed by atoms with Gasteiger partial charge in [-0.05, 0) is 66.1 Å². The molecule has 0 aliphatic heterocycles. The second-order valence-electron chi connectivity index (χ2n) is 7.68. The van der Waals surface area contributed by atoms with E-state index >= 15 is 0 Å². The molecule has 34 heavy (non-hydrogen) atoms. The molecular formula is C26H21Cl3N2O2S. The highest BCUT2D eigenvalue weighted by molar-refractivity contribution is 7.89. The van der Waals surface area contributed by atoms with Crippen molar-refractivity contribution in [2.45, 2.75) is 16.7 Å². The summed E-state index contributed by atoms with van der Waals surface area (Å²) in [6.45, 7) is 0.211. The van der Waals surface area contributed by atoms with E-state index in [0.29, 0.717) is 16.5 Å². The second kappa shape index (κ2) is 10.9. The molecule has 4 rings (SSSR count). The van der Waals surface area contributed by atoms with Crippen molar-refractivity contribution in [1.82, 2.24) is 9.71 Å². The Morgan fingerprint density at radius 1 is 0.882 bits per heavy atom. The van der Waals surface area contributed by atoms with E-state index in [1.807, 2.05) is 66.7 Å². The number of alkyl halides is 1. The van der Waals surface area contributed by atoms with Crippen LogP contribution >= 0.6 is 34.8 Å². The van der Waals surface area contributed by atoms with Crippen molar-refractivity contribution >= 4 is 67.9 Å². The maximum Gasteiger partial charge on any atom is 0.240 e. The molecule has 4 aromatic rings. The number of nitrogens with zero attached hydrogens (tertiary/aromatic N) is 1. The molecule has 1 heterocycles. The third kappa shape index (κ3) is 6.38. The van der Waals surface area contributed by atoms with Gasteiger partial charge in [-0.1, -0.05) is 65.7 Å². The standard InChI is InChI=1S/C26H21Cl3N2O2S/c27-21-8-12-24(13-9-21)34(32,33)30-15-14-25(29)20-3-1-2-18(16-20)4-10-23-11-6-19-5-7-22(28)17-26(19)31-23/h1-13,16-17,25,30H,14-15H2/b10-4+. The first-order chi connectivity index (χ1) is 16.3. The van der Waals surface area contributed by atoms with Gasteiger partial charge in [-0.25, -0.2) is 18.1 Å². The molecule has 0 aliphatic carbocycles. The Bertz CT molecular complexity index is 1440. The van der Waals surface area contributed by atoms with Crippen LogP contribution in [0.5, 0.6) is 0 Å². The Labute approximate surface area is 214 Å². The quantitative estimate of drug-likeness (QED) is 0.242. The molecule has 0 bridgehead atoms. The fourth-order valence-corrected chi connectivity index (χ4v) is 5.01. The summed E-state index contributed by atoms with van der Waals surface area (Å²) in [6.07, 6.45) is 4.34. The molecule has 0 radical (unpaired) electrons. The molecule has 0 spiro atoms. The number of sulfonamides is 1. The molecule has 1 atom stereocenters. The average Bonchev–Trinajstić information content (AvgIpc) is 2.82. The lowest BCUT2D eigenvalue weighted by atomic mass is 10.1. The number of hydrogen-bond acceptors (Lipinski definition) is 3. The van der Waals surface area contributed by atoms with E-state index in [1.165, 1.54) is 12.1 Å². The Kier molecular flexibility index (Phi) is 7.91. The number of aromatic nitrogens is 1. The molecule has 4 nitrogen and oxygen atoms in total. The fraction of sp³-hybridized carbons (Fsp3) is 0.115. The summed E-state index contributed by atoms with van der Waals surface area (Å²) in [4.78, 5) is 4.80. The normalized spacial score (nSPS) is 12.9. The van der Waals surface area contributed by atoms with Crippen LogP contribution < -0.4 is 4.72 Å². The average molecular weight is 532 g/mol. The molecule has 0 fully saturated rings. The predicted octanol–water partition coefficient (Wildman–Crippen LogP) is 7.36. The van der Waals surface area contributed by atoms with Crippen molar-refractivity contribution in [2.75, 3.05) is 6.54 Å². The zero-order valence-corrected chi connectivity index (χ0v) is 21.0. The minimum atomic E-state index is -3.61. The maximum atomic E-state index is 12.4. The number of fused-ring (bicyclic) bond motifs is 1. The highest BCUT2D eigenvalue weighted by Gasteiger charge is 2.15. The molecule has 174 valence electrons. The lowest BCUT2D eigenvalue weighted by Crippen LogP contribution is -2.25. The highest BCUT2D eigenvalue weighted by Crippen LogP contribution is 2.26. The van der Waals surface area contributed by atoms with E-state index in [2.05, 4.69) is 9.71 Å². The fourth-order valence-electron chi connectivity index (χ4n) is 3.42. The van der Waals surface area contributed by atoms with Crippen LogP contribution in [-0.2, 0) is 10.0 Å². The van der Waals surface area contributed by atoms with E-state index in [9.17, 15) is 8.42 Å². The summed E-state index contributed by atoms with van der Waals surface area (Å²) in [5.41, 5.74) is 3.54. The van der Waals surface area contributed by atoms with Gasteiger partial charge in [0, 0.05) is 22.0 Å². The van der Waals surface area contributed by atoms with Gasteiger partial charge in [0.05, 0.1) is 21.5 Å². The van der Waals surface area contributed by atoms with Crippen molar-refractivity contribution < 1.29 is 8.42 Å². The van der Waals surface area contributed by atoms with E-state index in [1.54, 1.807) is 12.1 Å². The predicted molar refractivity (Wildman–Crippen MR) is 142 cm³/mol. The second-order valence-corrected chi connectivity index (χ2v) is 10.9. The van der Waals surface area contributed by atoms with Crippen molar-refractivity contribution in [1.29, 1.82) is 0 Å². The van der Waals surface area contributed by atoms with Crippen LogP contribution in [0.1, 0.15) is 28.6 Å². The van der Waals surface area contributed by atoms with Crippen LogP contribution in [0.4, 0.5) is 0 Å². The first-order valence-corrected chi connectivity index (χ1v) is 13.2. The minimum Gasteiger partial charge on any atom is -0.248 e. The lowest BCUT2D eigenvalue weighted by molar-refractivity contribution is 0.578. The van der Waals surface area contributed by atoms with E-state index in [4.69, 9.17) is 34.8 Å². The molecule has 0 amide bonds. The molecule has 0 saturated heterocycles. The summed E-state index contributed by atoms with van der Waals surface area (Å²) in [5, 5.41) is 1.81. The monoisotopic (exact) mass is 530 g/mol. The number of halogens is 3. The van der Waals surface area contributed by atoms with Gasteiger partial charge >= 0.3 is 0 Å². The topological polar surface area (TPSA) is 59.1 Å². The van der Waals surface area contributed by atoms with Gasteiger partial charge in [0.1, 0.15) is 0 Å². The lowest BCUT2D eigenvalue weighted by Gasteiger charge is -2.12. The van der Waals surface area contributed by atoms with Gasteiger partial charge in [-0.3, -0.25) is 0 Å².